The molecule has 9 heteroatoms. The van der Waals surface area contributed by atoms with Gasteiger partial charge in [0.25, 0.3) is 5.91 Å². The number of carbonyl (C=O) groups is 2. The molecule has 1 aromatic heterocycles. The Kier molecular flexibility index (Phi) is 4.57. The van der Waals surface area contributed by atoms with E-state index in [1.54, 1.807) is 0 Å². The molecule has 3 heterocycles. The van der Waals surface area contributed by atoms with E-state index in [4.69, 9.17) is 0 Å². The van der Waals surface area contributed by atoms with Crippen LogP contribution in [0.2, 0.25) is 0 Å². The number of hydrogen-bond donors (Lipinski definition) is 1. The molecule has 1 aromatic rings. The number of hydrogen-bond acceptors (Lipinski definition) is 5. The van der Waals surface area contributed by atoms with E-state index in [1.807, 2.05) is 9.47 Å². The standard InChI is InChI=1S/C19H27FN6O2/c20-13-9-12(10-13)19(28)25-6-5-24-7-8-26-16(15(24)11-25)22-23-17(26)18(27)21-14-3-1-2-4-14/h12-15H,1-11H2,(H,21,27)/t12?,13?,15-/m0/s1. The van der Waals surface area contributed by atoms with Gasteiger partial charge in [-0.3, -0.25) is 14.5 Å². The Balaban J connectivity index is 1.31. The summed E-state index contributed by atoms with van der Waals surface area (Å²) in [6.07, 6.45) is 4.26. The van der Waals surface area contributed by atoms with E-state index < -0.39 is 6.17 Å². The molecule has 0 unspecified atom stereocenters. The van der Waals surface area contributed by atoms with E-state index in [-0.39, 0.29) is 29.8 Å². The summed E-state index contributed by atoms with van der Waals surface area (Å²) in [6.45, 7) is 3.49. The van der Waals surface area contributed by atoms with Crippen molar-refractivity contribution in [3.63, 3.8) is 0 Å². The van der Waals surface area contributed by atoms with Crippen LogP contribution in [-0.4, -0.2) is 74.8 Å². The zero-order chi connectivity index (χ0) is 19.3. The zero-order valence-corrected chi connectivity index (χ0v) is 16.0. The molecule has 1 atom stereocenters. The fourth-order valence-corrected chi connectivity index (χ4v) is 5.04. The largest absolute Gasteiger partial charge is 0.347 e. The lowest BCUT2D eigenvalue weighted by Gasteiger charge is -2.45. The molecular weight excluding hydrogens is 363 g/mol. The maximum atomic E-state index is 13.1. The van der Waals surface area contributed by atoms with Crippen LogP contribution >= 0.6 is 0 Å². The minimum Gasteiger partial charge on any atom is -0.347 e. The average Bonchev–Trinajstić information content (AvgIpc) is 3.34. The number of fused-ring (bicyclic) bond motifs is 3. The monoisotopic (exact) mass is 390 g/mol. The van der Waals surface area contributed by atoms with Crippen molar-refractivity contribution < 1.29 is 14.0 Å². The number of alkyl halides is 1. The van der Waals surface area contributed by atoms with Crippen LogP contribution in [0, 0.1) is 5.92 Å². The van der Waals surface area contributed by atoms with Crippen LogP contribution in [0.1, 0.15) is 61.0 Å². The minimum absolute atomic E-state index is 0.0479. The Morgan fingerprint density at radius 2 is 1.79 bits per heavy atom. The van der Waals surface area contributed by atoms with Gasteiger partial charge in [0.15, 0.2) is 5.82 Å². The Morgan fingerprint density at radius 3 is 2.54 bits per heavy atom. The van der Waals surface area contributed by atoms with E-state index in [0.717, 1.165) is 44.6 Å². The lowest BCUT2D eigenvalue weighted by molar-refractivity contribution is -0.144. The molecule has 8 nitrogen and oxygen atoms in total. The molecule has 1 saturated heterocycles. The van der Waals surface area contributed by atoms with Crippen LogP contribution in [0.15, 0.2) is 0 Å². The van der Waals surface area contributed by atoms with Gasteiger partial charge in [-0.05, 0) is 25.7 Å². The van der Waals surface area contributed by atoms with Gasteiger partial charge in [0.1, 0.15) is 6.17 Å². The number of aromatic nitrogens is 3. The van der Waals surface area contributed by atoms with Crippen LogP contribution in [0.3, 0.4) is 0 Å². The summed E-state index contributed by atoms with van der Waals surface area (Å²) in [7, 11) is 0. The summed E-state index contributed by atoms with van der Waals surface area (Å²) in [5.41, 5.74) is 0. The number of carbonyl (C=O) groups excluding carboxylic acids is 2. The van der Waals surface area contributed by atoms with Gasteiger partial charge in [-0.15, -0.1) is 10.2 Å². The van der Waals surface area contributed by atoms with Gasteiger partial charge < -0.3 is 14.8 Å². The highest BCUT2D eigenvalue weighted by Gasteiger charge is 2.42. The van der Waals surface area contributed by atoms with Crippen LogP contribution in [0.25, 0.3) is 0 Å². The van der Waals surface area contributed by atoms with E-state index in [1.165, 1.54) is 0 Å². The second kappa shape index (κ2) is 7.09. The van der Waals surface area contributed by atoms with Gasteiger partial charge in [-0.25, -0.2) is 4.39 Å². The molecule has 0 radical (unpaired) electrons. The van der Waals surface area contributed by atoms with Crippen molar-refractivity contribution in [1.29, 1.82) is 0 Å². The average molecular weight is 390 g/mol. The summed E-state index contributed by atoms with van der Waals surface area (Å²) in [4.78, 5) is 29.5. The van der Waals surface area contributed by atoms with Crippen molar-refractivity contribution in [1.82, 2.24) is 29.9 Å². The van der Waals surface area contributed by atoms with Gasteiger partial charge in [-0.1, -0.05) is 12.8 Å². The van der Waals surface area contributed by atoms with Gasteiger partial charge in [0, 0.05) is 44.7 Å². The zero-order valence-electron chi connectivity index (χ0n) is 16.0. The Morgan fingerprint density at radius 1 is 1.04 bits per heavy atom. The third kappa shape index (κ3) is 3.09. The predicted molar refractivity (Wildman–Crippen MR) is 98.3 cm³/mol. The number of rotatable bonds is 3. The first-order valence-electron chi connectivity index (χ1n) is 10.5. The van der Waals surface area contributed by atoms with Gasteiger partial charge in [-0.2, -0.15) is 0 Å². The lowest BCUT2D eigenvalue weighted by Crippen LogP contribution is -2.56. The number of amides is 2. The highest BCUT2D eigenvalue weighted by atomic mass is 19.1. The maximum Gasteiger partial charge on any atom is 0.289 e. The molecule has 0 spiro atoms. The molecule has 0 bridgehead atoms. The minimum atomic E-state index is -0.825. The molecule has 152 valence electrons. The van der Waals surface area contributed by atoms with Crippen molar-refractivity contribution in [2.75, 3.05) is 26.2 Å². The maximum absolute atomic E-state index is 13.1. The molecule has 4 aliphatic rings. The molecular formula is C19H27FN6O2. The predicted octanol–water partition coefficient (Wildman–Crippen LogP) is 0.897. The van der Waals surface area contributed by atoms with Crippen molar-refractivity contribution >= 4 is 11.8 Å². The number of piperazine rings is 1. The fourth-order valence-electron chi connectivity index (χ4n) is 5.04. The third-order valence-corrected chi connectivity index (χ3v) is 6.81. The fraction of sp³-hybridized carbons (Fsp3) is 0.789. The highest BCUT2D eigenvalue weighted by molar-refractivity contribution is 5.91. The number of nitrogens with zero attached hydrogens (tertiary/aromatic N) is 5. The summed E-state index contributed by atoms with van der Waals surface area (Å²) < 4.78 is 15.1. The van der Waals surface area contributed by atoms with E-state index in [2.05, 4.69) is 20.4 Å². The highest BCUT2D eigenvalue weighted by Crippen LogP contribution is 2.34. The molecule has 2 amide bonds. The summed E-state index contributed by atoms with van der Waals surface area (Å²) in [5.74, 6) is 0.882. The van der Waals surface area contributed by atoms with E-state index in [0.29, 0.717) is 38.3 Å². The second-order valence-corrected chi connectivity index (χ2v) is 8.59. The molecule has 28 heavy (non-hydrogen) atoms. The van der Waals surface area contributed by atoms with Crippen LogP contribution < -0.4 is 5.32 Å². The first-order chi connectivity index (χ1) is 13.6. The summed E-state index contributed by atoms with van der Waals surface area (Å²) in [6, 6.07) is 0.193. The second-order valence-electron chi connectivity index (χ2n) is 8.59. The topological polar surface area (TPSA) is 83.4 Å². The molecule has 0 aromatic carbocycles. The Bertz CT molecular complexity index is 770. The number of halogens is 1. The molecule has 2 aliphatic heterocycles. The summed E-state index contributed by atoms with van der Waals surface area (Å²) in [5, 5.41) is 11.6. The lowest BCUT2D eigenvalue weighted by atomic mass is 9.82. The van der Waals surface area contributed by atoms with Crippen LogP contribution in [0.4, 0.5) is 4.39 Å². The molecule has 3 fully saturated rings. The van der Waals surface area contributed by atoms with Crippen molar-refractivity contribution in [2.24, 2.45) is 5.92 Å². The molecule has 5 rings (SSSR count). The van der Waals surface area contributed by atoms with Gasteiger partial charge in [0.05, 0.1) is 6.04 Å². The first-order valence-corrected chi connectivity index (χ1v) is 10.5. The first kappa shape index (κ1) is 18.0. The van der Waals surface area contributed by atoms with Gasteiger partial charge in [0.2, 0.25) is 11.7 Å². The van der Waals surface area contributed by atoms with E-state index >= 15 is 0 Å². The summed E-state index contributed by atoms with van der Waals surface area (Å²) >= 11 is 0. The Hall–Kier alpha value is -2.03. The smallest absolute Gasteiger partial charge is 0.289 e. The van der Waals surface area contributed by atoms with Crippen molar-refractivity contribution in [3.8, 4) is 0 Å². The normalized spacial score (nSPS) is 30.5. The SMILES string of the molecule is O=C(NC1CCCC1)c1nnc2n1CCN1CCN(C(=O)C3CC(F)C3)C[C@@H]21. The van der Waals surface area contributed by atoms with Crippen molar-refractivity contribution in [2.45, 2.75) is 63.3 Å². The molecule has 2 saturated carbocycles. The molecule has 2 aliphatic carbocycles. The van der Waals surface area contributed by atoms with Crippen molar-refractivity contribution in [3.05, 3.63) is 11.6 Å². The van der Waals surface area contributed by atoms with E-state index in [9.17, 15) is 14.0 Å². The van der Waals surface area contributed by atoms with Gasteiger partial charge >= 0.3 is 0 Å². The third-order valence-electron chi connectivity index (χ3n) is 6.81. The molecule has 1 N–H and O–H groups in total. The van der Waals surface area contributed by atoms with Crippen LogP contribution in [-0.2, 0) is 11.3 Å². The number of nitrogens with one attached hydrogen (secondary N) is 1. The Labute approximate surface area is 163 Å². The quantitative estimate of drug-likeness (QED) is 0.829. The van der Waals surface area contributed by atoms with Crippen LogP contribution in [0.5, 0.6) is 0 Å².